The lowest BCUT2D eigenvalue weighted by Gasteiger charge is -2.21. The average molecular weight is 258 g/mol. The van der Waals surface area contributed by atoms with Crippen LogP contribution >= 0.6 is 0 Å². The number of carboxylic acid groups (broad SMARTS) is 1. The van der Waals surface area contributed by atoms with E-state index in [2.05, 4.69) is 0 Å². The molecule has 1 aromatic rings. The van der Waals surface area contributed by atoms with Crippen LogP contribution in [0.2, 0.25) is 0 Å². The lowest BCUT2D eigenvalue weighted by molar-refractivity contribution is -0.141. The van der Waals surface area contributed by atoms with Crippen LogP contribution in [0, 0.1) is 0 Å². The Hall–Kier alpha value is -1.44. The summed E-state index contributed by atoms with van der Waals surface area (Å²) in [6.07, 6.45) is 0.0725. The van der Waals surface area contributed by atoms with Crippen molar-refractivity contribution in [1.82, 2.24) is 4.31 Å². The minimum Gasteiger partial charge on any atom is -0.480 e. The van der Waals surface area contributed by atoms with Crippen molar-refractivity contribution in [3.63, 3.8) is 0 Å². The zero-order valence-electron chi connectivity index (χ0n) is 9.28. The first-order valence-electron chi connectivity index (χ1n) is 4.85. The van der Waals surface area contributed by atoms with Crippen LogP contribution in [0.15, 0.2) is 30.3 Å². The molecule has 0 saturated heterocycles. The van der Waals surface area contributed by atoms with E-state index in [9.17, 15) is 13.2 Å². The van der Waals surface area contributed by atoms with Crippen LogP contribution in [0.5, 0.6) is 0 Å². The standard InChI is InChI=1S/C10H14N2O4S/c1-12(17(11,15)16)9(10(13)14)7-8-5-3-2-4-6-8/h2-6,9H,7H2,1H3,(H,13,14)(H2,11,15,16)/t9-/m0/s1. The number of nitrogens with zero attached hydrogens (tertiary/aromatic N) is 1. The maximum Gasteiger partial charge on any atom is 0.322 e. The molecule has 0 aliphatic carbocycles. The molecule has 0 unspecified atom stereocenters. The Labute approximate surface area is 99.8 Å². The molecule has 0 radical (unpaired) electrons. The highest BCUT2D eigenvalue weighted by Crippen LogP contribution is 2.09. The summed E-state index contributed by atoms with van der Waals surface area (Å²) < 4.78 is 22.9. The first-order chi connectivity index (χ1) is 7.82. The normalized spacial score (nSPS) is 13.6. The van der Waals surface area contributed by atoms with Gasteiger partial charge in [0.1, 0.15) is 6.04 Å². The first-order valence-corrected chi connectivity index (χ1v) is 6.35. The Bertz CT molecular complexity index is 486. The fraction of sp³-hybridized carbons (Fsp3) is 0.300. The molecule has 0 heterocycles. The Kier molecular flexibility index (Phi) is 4.22. The van der Waals surface area contributed by atoms with Gasteiger partial charge in [-0.3, -0.25) is 4.79 Å². The summed E-state index contributed by atoms with van der Waals surface area (Å²) in [7, 11) is -2.86. The summed E-state index contributed by atoms with van der Waals surface area (Å²) in [5.74, 6) is -1.23. The molecule has 0 aliphatic heterocycles. The second kappa shape index (κ2) is 5.26. The molecule has 3 N–H and O–H groups in total. The van der Waals surface area contributed by atoms with Gasteiger partial charge in [0.2, 0.25) is 0 Å². The van der Waals surface area contributed by atoms with Crippen LogP contribution < -0.4 is 5.14 Å². The number of nitrogens with two attached hydrogens (primary N) is 1. The smallest absolute Gasteiger partial charge is 0.322 e. The Morgan fingerprint density at radius 3 is 2.35 bits per heavy atom. The molecule has 17 heavy (non-hydrogen) atoms. The number of rotatable bonds is 5. The summed E-state index contributed by atoms with van der Waals surface area (Å²) in [5, 5.41) is 13.9. The number of hydrogen-bond acceptors (Lipinski definition) is 3. The number of carbonyl (C=O) groups is 1. The van der Waals surface area contributed by atoms with Crippen molar-refractivity contribution in [1.29, 1.82) is 0 Å². The number of carboxylic acids is 1. The van der Waals surface area contributed by atoms with E-state index in [4.69, 9.17) is 10.2 Å². The topological polar surface area (TPSA) is 101 Å². The van der Waals surface area contributed by atoms with Crippen molar-refractivity contribution >= 4 is 16.2 Å². The van der Waals surface area contributed by atoms with E-state index < -0.39 is 22.2 Å². The highest BCUT2D eigenvalue weighted by Gasteiger charge is 2.29. The van der Waals surface area contributed by atoms with Gasteiger partial charge in [0.05, 0.1) is 0 Å². The zero-order chi connectivity index (χ0) is 13.1. The zero-order valence-corrected chi connectivity index (χ0v) is 10.1. The van der Waals surface area contributed by atoms with Crippen LogP contribution in [-0.4, -0.2) is 36.9 Å². The maximum atomic E-state index is 11.1. The number of likely N-dealkylation sites (N-methyl/N-ethyl adjacent to an activating group) is 1. The van der Waals surface area contributed by atoms with Gasteiger partial charge < -0.3 is 5.11 Å². The van der Waals surface area contributed by atoms with Crippen LogP contribution in [0.1, 0.15) is 5.56 Å². The third-order valence-electron chi connectivity index (χ3n) is 2.40. The van der Waals surface area contributed by atoms with Crippen molar-refractivity contribution in [3.05, 3.63) is 35.9 Å². The van der Waals surface area contributed by atoms with Crippen LogP contribution in [0.25, 0.3) is 0 Å². The van der Waals surface area contributed by atoms with Gasteiger partial charge in [-0.15, -0.1) is 0 Å². The van der Waals surface area contributed by atoms with Crippen molar-refractivity contribution in [3.8, 4) is 0 Å². The average Bonchev–Trinajstić information content (AvgIpc) is 2.24. The van der Waals surface area contributed by atoms with E-state index in [1.54, 1.807) is 30.3 Å². The number of benzene rings is 1. The molecule has 0 fully saturated rings. The SMILES string of the molecule is CN([C@@H](Cc1ccccc1)C(=O)O)S(N)(=O)=O. The minimum absolute atomic E-state index is 0.0725. The van der Waals surface area contributed by atoms with E-state index in [0.717, 1.165) is 12.6 Å². The molecule has 0 aliphatic rings. The van der Waals surface area contributed by atoms with Crippen molar-refractivity contribution in [2.45, 2.75) is 12.5 Å². The van der Waals surface area contributed by atoms with E-state index in [1.807, 2.05) is 0 Å². The molecule has 0 amide bonds. The fourth-order valence-electron chi connectivity index (χ4n) is 1.39. The van der Waals surface area contributed by atoms with Crippen molar-refractivity contribution in [2.24, 2.45) is 5.14 Å². The highest BCUT2D eigenvalue weighted by molar-refractivity contribution is 7.86. The van der Waals surface area contributed by atoms with Gasteiger partial charge in [0, 0.05) is 7.05 Å². The molecule has 0 aromatic heterocycles. The molecule has 0 bridgehead atoms. The fourth-order valence-corrected chi connectivity index (χ4v) is 1.91. The molecule has 94 valence electrons. The van der Waals surface area contributed by atoms with Crippen molar-refractivity contribution in [2.75, 3.05) is 7.05 Å². The van der Waals surface area contributed by atoms with Gasteiger partial charge >= 0.3 is 5.97 Å². The predicted octanol–water partition coefficient (Wildman–Crippen LogP) is -0.182. The lowest BCUT2D eigenvalue weighted by atomic mass is 10.1. The van der Waals surface area contributed by atoms with Gasteiger partial charge in [-0.1, -0.05) is 30.3 Å². The van der Waals surface area contributed by atoms with E-state index in [1.165, 1.54) is 0 Å². The van der Waals surface area contributed by atoms with Crippen LogP contribution in [0.4, 0.5) is 0 Å². The third-order valence-corrected chi connectivity index (χ3v) is 3.45. The third kappa shape index (κ3) is 3.81. The predicted molar refractivity (Wildman–Crippen MR) is 62.4 cm³/mol. The quantitative estimate of drug-likeness (QED) is 0.764. The van der Waals surface area contributed by atoms with E-state index >= 15 is 0 Å². The summed E-state index contributed by atoms with van der Waals surface area (Å²) in [5.41, 5.74) is 0.732. The first kappa shape index (κ1) is 13.6. The summed E-state index contributed by atoms with van der Waals surface area (Å²) >= 11 is 0. The molecule has 1 aromatic carbocycles. The van der Waals surface area contributed by atoms with Gasteiger partial charge in [0.25, 0.3) is 10.2 Å². The minimum atomic E-state index is -4.01. The summed E-state index contributed by atoms with van der Waals surface area (Å²) in [6.45, 7) is 0. The maximum absolute atomic E-state index is 11.1. The summed E-state index contributed by atoms with van der Waals surface area (Å²) in [6, 6.07) is 7.56. The van der Waals surface area contributed by atoms with Gasteiger partial charge in [-0.2, -0.15) is 12.7 Å². The molecule has 0 spiro atoms. The van der Waals surface area contributed by atoms with Gasteiger partial charge in [0.15, 0.2) is 0 Å². The molecule has 7 heteroatoms. The monoisotopic (exact) mass is 258 g/mol. The van der Waals surface area contributed by atoms with Crippen molar-refractivity contribution < 1.29 is 18.3 Å². The Morgan fingerprint density at radius 2 is 1.94 bits per heavy atom. The second-order valence-electron chi connectivity index (χ2n) is 3.60. The van der Waals surface area contributed by atoms with Crippen LogP contribution in [-0.2, 0) is 21.4 Å². The molecular formula is C10H14N2O4S. The molecule has 1 rings (SSSR count). The molecule has 6 nitrogen and oxygen atoms in total. The number of hydrogen-bond donors (Lipinski definition) is 2. The van der Waals surface area contributed by atoms with E-state index in [-0.39, 0.29) is 6.42 Å². The van der Waals surface area contributed by atoms with E-state index in [0.29, 0.717) is 4.31 Å². The molecular weight excluding hydrogens is 244 g/mol. The molecule has 1 atom stereocenters. The van der Waals surface area contributed by atoms with Crippen LogP contribution in [0.3, 0.4) is 0 Å². The highest BCUT2D eigenvalue weighted by atomic mass is 32.2. The molecule has 0 saturated carbocycles. The number of aliphatic carboxylic acids is 1. The second-order valence-corrected chi connectivity index (χ2v) is 5.21. The lowest BCUT2D eigenvalue weighted by Crippen LogP contribution is -2.46. The summed E-state index contributed by atoms with van der Waals surface area (Å²) in [4.78, 5) is 11.0. The van der Waals surface area contributed by atoms with Gasteiger partial charge in [-0.05, 0) is 12.0 Å². The Morgan fingerprint density at radius 1 is 1.41 bits per heavy atom. The largest absolute Gasteiger partial charge is 0.480 e. The van der Waals surface area contributed by atoms with Gasteiger partial charge in [-0.25, -0.2) is 5.14 Å². The Balaban J connectivity index is 2.93.